The Morgan fingerprint density at radius 2 is 1.79 bits per heavy atom. The van der Waals surface area contributed by atoms with Crippen LogP contribution in [0, 0.1) is 5.82 Å². The fraction of sp³-hybridized carbons (Fsp3) is 0.158. The van der Waals surface area contributed by atoms with Gasteiger partial charge in [-0.1, -0.05) is 30.3 Å². The van der Waals surface area contributed by atoms with E-state index in [1.54, 1.807) is 0 Å². The number of alkyl halides is 3. The summed E-state index contributed by atoms with van der Waals surface area (Å²) >= 11 is 0. The molecule has 0 saturated heterocycles. The van der Waals surface area contributed by atoms with Gasteiger partial charge in [-0.15, -0.1) is 13.2 Å². The van der Waals surface area contributed by atoms with E-state index in [2.05, 4.69) is 20.0 Å². The molecule has 3 aromatic rings. The van der Waals surface area contributed by atoms with E-state index >= 15 is 0 Å². The maximum absolute atomic E-state index is 13.9. The molecule has 0 saturated carbocycles. The van der Waals surface area contributed by atoms with Crippen molar-refractivity contribution in [1.82, 2.24) is 9.97 Å². The van der Waals surface area contributed by atoms with Crippen LogP contribution in [0.5, 0.6) is 5.75 Å². The minimum atomic E-state index is -4.98. The SMILES string of the molecule is OC(Cc1ccccc1)Nc1cc(-c2ccc(OC(F)(F)F)c(F)c2)ncn1. The molecule has 1 atom stereocenters. The van der Waals surface area contributed by atoms with Crippen molar-refractivity contribution in [3.05, 3.63) is 72.3 Å². The normalized spacial score (nSPS) is 12.5. The van der Waals surface area contributed by atoms with Crippen LogP contribution in [0.15, 0.2) is 60.9 Å². The highest BCUT2D eigenvalue weighted by Crippen LogP contribution is 2.29. The van der Waals surface area contributed by atoms with E-state index in [9.17, 15) is 22.7 Å². The molecule has 0 bridgehead atoms. The Hall–Kier alpha value is -3.20. The Bertz CT molecular complexity index is 936. The largest absolute Gasteiger partial charge is 0.573 e. The van der Waals surface area contributed by atoms with Crippen molar-refractivity contribution in [3.8, 4) is 17.0 Å². The first-order chi connectivity index (χ1) is 13.3. The Kier molecular flexibility index (Phi) is 5.74. The van der Waals surface area contributed by atoms with E-state index in [4.69, 9.17) is 0 Å². The van der Waals surface area contributed by atoms with Crippen LogP contribution in [0.25, 0.3) is 11.3 Å². The molecule has 0 amide bonds. The molecular formula is C19H15F4N3O2. The van der Waals surface area contributed by atoms with Crippen molar-refractivity contribution in [2.75, 3.05) is 5.32 Å². The monoisotopic (exact) mass is 393 g/mol. The highest BCUT2D eigenvalue weighted by atomic mass is 19.4. The zero-order valence-electron chi connectivity index (χ0n) is 14.3. The average molecular weight is 393 g/mol. The average Bonchev–Trinajstić information content (AvgIpc) is 2.63. The number of anilines is 1. The lowest BCUT2D eigenvalue weighted by Crippen LogP contribution is -2.22. The molecule has 1 aromatic heterocycles. The number of halogens is 4. The smallest absolute Gasteiger partial charge is 0.403 e. The van der Waals surface area contributed by atoms with Gasteiger partial charge in [-0.3, -0.25) is 0 Å². The van der Waals surface area contributed by atoms with Crippen molar-refractivity contribution in [3.63, 3.8) is 0 Å². The van der Waals surface area contributed by atoms with Crippen LogP contribution in [0.2, 0.25) is 0 Å². The lowest BCUT2D eigenvalue weighted by molar-refractivity contribution is -0.275. The standard InChI is InChI=1S/C19H15F4N3O2/c20-14-9-13(6-7-16(14)28-19(21,22)23)15-10-17(25-11-24-15)26-18(27)8-12-4-2-1-3-5-12/h1-7,9-11,18,27H,8H2,(H,24,25,26). The van der Waals surface area contributed by atoms with Crippen molar-refractivity contribution < 1.29 is 27.4 Å². The van der Waals surface area contributed by atoms with Gasteiger partial charge in [-0.2, -0.15) is 0 Å². The molecular weight excluding hydrogens is 378 g/mol. The van der Waals surface area contributed by atoms with E-state index in [1.807, 2.05) is 30.3 Å². The molecule has 28 heavy (non-hydrogen) atoms. The van der Waals surface area contributed by atoms with Crippen LogP contribution in [-0.2, 0) is 6.42 Å². The number of hydrogen-bond acceptors (Lipinski definition) is 5. The fourth-order valence-corrected chi connectivity index (χ4v) is 2.52. The molecule has 0 fully saturated rings. The van der Waals surface area contributed by atoms with Crippen LogP contribution >= 0.6 is 0 Å². The first kappa shape index (κ1) is 19.6. The summed E-state index contributed by atoms with van der Waals surface area (Å²) in [6.07, 6.45) is -4.38. The number of aliphatic hydroxyl groups is 1. The molecule has 1 heterocycles. The summed E-state index contributed by atoms with van der Waals surface area (Å²) in [5.74, 6) is -1.82. The summed E-state index contributed by atoms with van der Waals surface area (Å²) in [6.45, 7) is 0. The minimum absolute atomic E-state index is 0.232. The van der Waals surface area contributed by atoms with E-state index in [1.165, 1.54) is 18.5 Å². The van der Waals surface area contributed by atoms with Gasteiger partial charge in [0.25, 0.3) is 0 Å². The molecule has 0 spiro atoms. The Morgan fingerprint density at radius 3 is 2.46 bits per heavy atom. The Labute approximate surface area is 157 Å². The van der Waals surface area contributed by atoms with Crippen molar-refractivity contribution >= 4 is 5.82 Å². The van der Waals surface area contributed by atoms with Gasteiger partial charge >= 0.3 is 6.36 Å². The number of benzene rings is 2. The zero-order valence-corrected chi connectivity index (χ0v) is 14.3. The van der Waals surface area contributed by atoms with E-state index in [-0.39, 0.29) is 17.1 Å². The lowest BCUT2D eigenvalue weighted by atomic mass is 10.1. The molecule has 0 radical (unpaired) electrons. The highest BCUT2D eigenvalue weighted by molar-refractivity contribution is 5.63. The van der Waals surface area contributed by atoms with Gasteiger partial charge in [0, 0.05) is 18.1 Å². The zero-order chi connectivity index (χ0) is 20.1. The number of nitrogens with one attached hydrogen (secondary N) is 1. The second kappa shape index (κ2) is 8.22. The lowest BCUT2D eigenvalue weighted by Gasteiger charge is -2.14. The number of aliphatic hydroxyl groups excluding tert-OH is 1. The predicted molar refractivity (Wildman–Crippen MR) is 93.9 cm³/mol. The van der Waals surface area contributed by atoms with Crippen molar-refractivity contribution in [2.24, 2.45) is 0 Å². The third-order valence-electron chi connectivity index (χ3n) is 3.71. The second-order valence-electron chi connectivity index (χ2n) is 5.83. The molecule has 2 aromatic carbocycles. The third-order valence-corrected chi connectivity index (χ3v) is 3.71. The van der Waals surface area contributed by atoms with E-state index in [0.717, 1.165) is 17.7 Å². The number of ether oxygens (including phenoxy) is 1. The Morgan fingerprint density at radius 1 is 1.04 bits per heavy atom. The summed E-state index contributed by atoms with van der Waals surface area (Å²) in [5, 5.41) is 12.9. The van der Waals surface area contributed by atoms with E-state index in [0.29, 0.717) is 6.42 Å². The molecule has 146 valence electrons. The van der Waals surface area contributed by atoms with Crippen LogP contribution in [0.4, 0.5) is 23.4 Å². The third kappa shape index (κ3) is 5.40. The van der Waals surface area contributed by atoms with Crippen LogP contribution in [-0.4, -0.2) is 27.7 Å². The minimum Gasteiger partial charge on any atom is -0.403 e. The number of hydrogen-bond donors (Lipinski definition) is 2. The number of aromatic nitrogens is 2. The molecule has 3 rings (SSSR count). The molecule has 9 heteroatoms. The molecule has 5 nitrogen and oxygen atoms in total. The van der Waals surface area contributed by atoms with Gasteiger partial charge in [0.2, 0.25) is 0 Å². The second-order valence-corrected chi connectivity index (χ2v) is 5.83. The van der Waals surface area contributed by atoms with Gasteiger partial charge in [-0.25, -0.2) is 14.4 Å². The number of rotatable bonds is 6. The first-order valence-corrected chi connectivity index (χ1v) is 8.16. The van der Waals surface area contributed by atoms with Gasteiger partial charge in [0.05, 0.1) is 5.69 Å². The van der Waals surface area contributed by atoms with Crippen LogP contribution in [0.3, 0.4) is 0 Å². The van der Waals surface area contributed by atoms with Crippen molar-refractivity contribution in [1.29, 1.82) is 0 Å². The first-order valence-electron chi connectivity index (χ1n) is 8.16. The van der Waals surface area contributed by atoms with Crippen LogP contribution < -0.4 is 10.1 Å². The highest BCUT2D eigenvalue weighted by Gasteiger charge is 2.32. The van der Waals surface area contributed by atoms with Gasteiger partial charge in [0.15, 0.2) is 11.6 Å². The van der Waals surface area contributed by atoms with Crippen molar-refractivity contribution in [2.45, 2.75) is 19.0 Å². The fourth-order valence-electron chi connectivity index (χ4n) is 2.52. The van der Waals surface area contributed by atoms with Crippen LogP contribution in [0.1, 0.15) is 5.56 Å². The maximum atomic E-state index is 13.9. The molecule has 0 aliphatic heterocycles. The topological polar surface area (TPSA) is 67.3 Å². The molecule has 0 aliphatic rings. The quantitative estimate of drug-likeness (QED) is 0.486. The summed E-state index contributed by atoms with van der Waals surface area (Å²) < 4.78 is 54.2. The molecule has 0 aliphatic carbocycles. The van der Waals surface area contributed by atoms with Gasteiger partial charge < -0.3 is 15.2 Å². The maximum Gasteiger partial charge on any atom is 0.573 e. The molecule has 1 unspecified atom stereocenters. The summed E-state index contributed by atoms with van der Waals surface area (Å²) in [5.41, 5.74) is 1.41. The van der Waals surface area contributed by atoms with E-state index < -0.39 is 24.2 Å². The van der Waals surface area contributed by atoms with Gasteiger partial charge in [-0.05, 0) is 23.8 Å². The van der Waals surface area contributed by atoms with Gasteiger partial charge in [0.1, 0.15) is 18.4 Å². The summed E-state index contributed by atoms with van der Waals surface area (Å²) in [4.78, 5) is 7.97. The number of nitrogens with zero attached hydrogens (tertiary/aromatic N) is 2. The summed E-state index contributed by atoms with van der Waals surface area (Å²) in [7, 11) is 0. The Balaban J connectivity index is 1.73. The summed E-state index contributed by atoms with van der Waals surface area (Å²) in [6, 6.07) is 13.8. The molecule has 2 N–H and O–H groups in total. The predicted octanol–water partition coefficient (Wildman–Crippen LogP) is 4.15.